The van der Waals surface area contributed by atoms with E-state index < -0.39 is 0 Å². The maximum Gasteiger partial charge on any atom is 0.223 e. The van der Waals surface area contributed by atoms with Crippen molar-refractivity contribution in [2.24, 2.45) is 0 Å². The molecule has 0 saturated carbocycles. The topological polar surface area (TPSA) is 23.6 Å². The van der Waals surface area contributed by atoms with E-state index in [1.807, 2.05) is 4.90 Å². The second kappa shape index (κ2) is 6.01. The molecule has 2 rings (SSSR count). The summed E-state index contributed by atoms with van der Waals surface area (Å²) in [5, 5.41) is 0. The quantitative estimate of drug-likeness (QED) is 0.570. The molecule has 0 aromatic heterocycles. The Bertz CT molecular complexity index is 241. The number of nitrogens with zero attached hydrogens (tertiary/aromatic N) is 2. The Morgan fingerprint density at radius 3 is 2.50 bits per heavy atom. The monoisotopic (exact) mass is 288 g/mol. The van der Waals surface area contributed by atoms with Gasteiger partial charge in [0.15, 0.2) is 0 Å². The normalized spacial score (nSPS) is 26.9. The van der Waals surface area contributed by atoms with Gasteiger partial charge in [-0.15, -0.1) is 0 Å². The number of halogens is 1. The van der Waals surface area contributed by atoms with Gasteiger partial charge >= 0.3 is 0 Å². The summed E-state index contributed by atoms with van der Waals surface area (Å²) in [6.07, 6.45) is 5.82. The molecule has 0 aromatic rings. The summed E-state index contributed by atoms with van der Waals surface area (Å²) >= 11 is 3.51. The summed E-state index contributed by atoms with van der Waals surface area (Å²) in [6, 6.07) is 0. The average Bonchev–Trinajstić information content (AvgIpc) is 2.84. The smallest absolute Gasteiger partial charge is 0.223 e. The van der Waals surface area contributed by atoms with Crippen molar-refractivity contribution in [1.82, 2.24) is 9.80 Å². The number of carbonyl (C=O) groups excluding carboxylic acids is 1. The first-order chi connectivity index (χ1) is 7.75. The van der Waals surface area contributed by atoms with E-state index in [0.717, 1.165) is 19.5 Å². The van der Waals surface area contributed by atoms with Gasteiger partial charge in [-0.25, -0.2) is 0 Å². The van der Waals surface area contributed by atoms with Gasteiger partial charge in [-0.1, -0.05) is 15.9 Å². The van der Waals surface area contributed by atoms with Gasteiger partial charge in [0.1, 0.15) is 0 Å². The van der Waals surface area contributed by atoms with Crippen molar-refractivity contribution in [3.05, 3.63) is 0 Å². The van der Waals surface area contributed by atoms with E-state index in [1.54, 1.807) is 0 Å². The van der Waals surface area contributed by atoms with Gasteiger partial charge < -0.3 is 9.80 Å². The van der Waals surface area contributed by atoms with E-state index in [0.29, 0.717) is 17.2 Å². The van der Waals surface area contributed by atoms with Gasteiger partial charge in [-0.3, -0.25) is 4.79 Å². The predicted molar refractivity (Wildman–Crippen MR) is 68.8 cm³/mol. The van der Waals surface area contributed by atoms with Crippen LogP contribution in [-0.4, -0.2) is 53.3 Å². The Morgan fingerprint density at radius 1 is 1.19 bits per heavy atom. The SMILES string of the molecule is O=C1CC(Br)CN1CCCCN1CCCC1. The molecule has 0 radical (unpaired) electrons. The molecule has 4 heteroatoms. The van der Waals surface area contributed by atoms with Gasteiger partial charge in [-0.2, -0.15) is 0 Å². The zero-order chi connectivity index (χ0) is 11.4. The number of rotatable bonds is 5. The van der Waals surface area contributed by atoms with Crippen molar-refractivity contribution in [1.29, 1.82) is 0 Å². The largest absolute Gasteiger partial charge is 0.342 e. The summed E-state index contributed by atoms with van der Waals surface area (Å²) in [5.74, 6) is 0.322. The van der Waals surface area contributed by atoms with Crippen molar-refractivity contribution in [2.75, 3.05) is 32.7 Å². The van der Waals surface area contributed by atoms with Crippen molar-refractivity contribution in [2.45, 2.75) is 36.9 Å². The molecule has 1 amide bonds. The minimum Gasteiger partial charge on any atom is -0.342 e. The van der Waals surface area contributed by atoms with Crippen LogP contribution in [0.4, 0.5) is 0 Å². The van der Waals surface area contributed by atoms with Crippen molar-refractivity contribution in [3.63, 3.8) is 0 Å². The fourth-order valence-electron chi connectivity index (χ4n) is 2.58. The van der Waals surface area contributed by atoms with Crippen LogP contribution in [0.5, 0.6) is 0 Å². The number of unbranched alkanes of at least 4 members (excludes halogenated alkanes) is 1. The molecule has 2 saturated heterocycles. The number of hydrogen-bond acceptors (Lipinski definition) is 2. The molecule has 0 aromatic carbocycles. The first-order valence-corrected chi connectivity index (χ1v) is 7.31. The first-order valence-electron chi connectivity index (χ1n) is 6.40. The summed E-state index contributed by atoms with van der Waals surface area (Å²) in [4.78, 5) is 16.5. The van der Waals surface area contributed by atoms with Gasteiger partial charge in [0.05, 0.1) is 0 Å². The summed E-state index contributed by atoms with van der Waals surface area (Å²) < 4.78 is 0. The Labute approximate surface area is 106 Å². The molecule has 2 aliphatic heterocycles. The third-order valence-corrected chi connectivity index (χ3v) is 4.13. The lowest BCUT2D eigenvalue weighted by atomic mass is 10.3. The van der Waals surface area contributed by atoms with E-state index in [2.05, 4.69) is 20.8 Å². The highest BCUT2D eigenvalue weighted by Crippen LogP contribution is 2.18. The number of amides is 1. The third kappa shape index (κ3) is 3.45. The fraction of sp³-hybridized carbons (Fsp3) is 0.917. The van der Waals surface area contributed by atoms with Crippen molar-refractivity contribution < 1.29 is 4.79 Å². The van der Waals surface area contributed by atoms with Gasteiger partial charge in [-0.05, 0) is 45.3 Å². The minimum absolute atomic E-state index is 0.322. The fourth-order valence-corrected chi connectivity index (χ4v) is 3.21. The molecular formula is C12H21BrN2O. The maximum atomic E-state index is 11.5. The first kappa shape index (κ1) is 12.4. The summed E-state index contributed by atoms with van der Waals surface area (Å²) in [7, 11) is 0. The molecule has 0 bridgehead atoms. The molecule has 0 N–H and O–H groups in total. The van der Waals surface area contributed by atoms with Gasteiger partial charge in [0.2, 0.25) is 5.91 Å². The highest BCUT2D eigenvalue weighted by molar-refractivity contribution is 9.09. The molecule has 0 spiro atoms. The Morgan fingerprint density at radius 2 is 1.88 bits per heavy atom. The van der Waals surface area contributed by atoms with E-state index in [-0.39, 0.29) is 0 Å². The second-order valence-electron chi connectivity index (χ2n) is 4.90. The second-order valence-corrected chi connectivity index (χ2v) is 6.19. The Kier molecular flexibility index (Phi) is 4.65. The lowest BCUT2D eigenvalue weighted by molar-refractivity contribution is -0.127. The van der Waals surface area contributed by atoms with Crippen LogP contribution in [0, 0.1) is 0 Å². The van der Waals surface area contributed by atoms with Crippen LogP contribution >= 0.6 is 15.9 Å². The molecule has 1 atom stereocenters. The molecule has 1 unspecified atom stereocenters. The number of hydrogen-bond donors (Lipinski definition) is 0. The van der Waals surface area contributed by atoms with Crippen LogP contribution in [-0.2, 0) is 4.79 Å². The van der Waals surface area contributed by atoms with Crippen LogP contribution < -0.4 is 0 Å². The molecule has 2 heterocycles. The van der Waals surface area contributed by atoms with Gasteiger partial charge in [0, 0.05) is 24.3 Å². The van der Waals surface area contributed by atoms with Crippen molar-refractivity contribution >= 4 is 21.8 Å². The molecule has 0 aliphatic carbocycles. The Balaban J connectivity index is 1.55. The average molecular weight is 289 g/mol. The lowest BCUT2D eigenvalue weighted by Gasteiger charge is -2.17. The van der Waals surface area contributed by atoms with Gasteiger partial charge in [0.25, 0.3) is 0 Å². The Hall–Kier alpha value is -0.0900. The highest BCUT2D eigenvalue weighted by atomic mass is 79.9. The molecule has 2 fully saturated rings. The van der Waals surface area contributed by atoms with E-state index in [4.69, 9.17) is 0 Å². The number of carbonyl (C=O) groups is 1. The zero-order valence-corrected chi connectivity index (χ0v) is 11.4. The van der Waals surface area contributed by atoms with Crippen LogP contribution in [0.3, 0.4) is 0 Å². The number of alkyl halides is 1. The van der Waals surface area contributed by atoms with Crippen LogP contribution in [0.15, 0.2) is 0 Å². The van der Waals surface area contributed by atoms with Crippen LogP contribution in [0.25, 0.3) is 0 Å². The zero-order valence-electron chi connectivity index (χ0n) is 9.83. The van der Waals surface area contributed by atoms with Crippen LogP contribution in [0.1, 0.15) is 32.1 Å². The highest BCUT2D eigenvalue weighted by Gasteiger charge is 2.26. The minimum atomic E-state index is 0.322. The van der Waals surface area contributed by atoms with E-state index >= 15 is 0 Å². The standard InChI is InChI=1S/C12H21BrN2O/c13-11-9-12(16)15(10-11)8-4-3-7-14-5-1-2-6-14/h11H,1-10H2. The maximum absolute atomic E-state index is 11.5. The predicted octanol–water partition coefficient (Wildman–Crippen LogP) is 1.86. The summed E-state index contributed by atoms with van der Waals surface area (Å²) in [5.41, 5.74) is 0. The third-order valence-electron chi connectivity index (χ3n) is 3.52. The summed E-state index contributed by atoms with van der Waals surface area (Å²) in [6.45, 7) is 5.65. The lowest BCUT2D eigenvalue weighted by Crippen LogP contribution is -2.27. The van der Waals surface area contributed by atoms with Crippen molar-refractivity contribution in [3.8, 4) is 0 Å². The van der Waals surface area contributed by atoms with E-state index in [9.17, 15) is 4.79 Å². The molecular weight excluding hydrogens is 268 g/mol. The molecule has 92 valence electrons. The molecule has 2 aliphatic rings. The molecule has 16 heavy (non-hydrogen) atoms. The molecule has 3 nitrogen and oxygen atoms in total. The number of likely N-dealkylation sites (tertiary alicyclic amines) is 2. The van der Waals surface area contributed by atoms with Crippen LogP contribution in [0.2, 0.25) is 0 Å². The van der Waals surface area contributed by atoms with E-state index in [1.165, 1.54) is 38.9 Å².